The van der Waals surface area contributed by atoms with Crippen LogP contribution in [0.5, 0.6) is 0 Å². The van der Waals surface area contributed by atoms with E-state index >= 15 is 0 Å². The normalized spacial score (nSPS) is 13.7. The van der Waals surface area contributed by atoms with Crippen LogP contribution in [0.15, 0.2) is 72.1 Å². The number of carbonyl (C=O) groups is 1. The van der Waals surface area contributed by atoms with E-state index in [1.807, 2.05) is 35.6 Å². The molecule has 4 aromatic heterocycles. The summed E-state index contributed by atoms with van der Waals surface area (Å²) in [7, 11) is 0. The molecule has 2 aromatic carbocycles. The number of aryl methyl sites for hydroxylation is 2. The van der Waals surface area contributed by atoms with Crippen LogP contribution >= 0.6 is 23.1 Å². The molecule has 0 aliphatic heterocycles. The number of aromatic nitrogens is 5. The van der Waals surface area contributed by atoms with Crippen LogP contribution in [0, 0.1) is 0 Å². The van der Waals surface area contributed by atoms with Crippen molar-refractivity contribution in [3.8, 4) is 11.3 Å². The van der Waals surface area contributed by atoms with E-state index in [1.165, 1.54) is 28.5 Å². The summed E-state index contributed by atoms with van der Waals surface area (Å²) in [6, 6.07) is 20.9. The molecule has 1 amide bonds. The van der Waals surface area contributed by atoms with Crippen LogP contribution in [0.1, 0.15) is 36.5 Å². The number of fused-ring (bicyclic) bond motifs is 7. The highest BCUT2D eigenvalue weighted by atomic mass is 32.2. The summed E-state index contributed by atoms with van der Waals surface area (Å²) in [5.74, 6) is 0.266. The van der Waals surface area contributed by atoms with Crippen LogP contribution in [0.25, 0.3) is 37.3 Å². The maximum atomic E-state index is 12.7. The summed E-state index contributed by atoms with van der Waals surface area (Å²) >= 11 is 3.01. The van der Waals surface area contributed by atoms with Gasteiger partial charge in [-0.05, 0) is 55.7 Å². The molecule has 0 radical (unpaired) electrons. The Morgan fingerprint density at radius 3 is 2.65 bits per heavy atom. The van der Waals surface area contributed by atoms with E-state index in [9.17, 15) is 4.79 Å². The standard InChI is InChI=1S/C31H28N6OS2/c1-19(15-16-20-9-4-2-5-10-20)33-24(38)17-39-31-36-35-29-28-27(32-18-37(29)31)25-22-13-8-14-23(22)26(34-30(25)40-28)21-11-6-3-7-12-21/h2-7,9-12,18-19H,8,13-17H2,1H3,(H,33,38)/t19-/m0/s1. The third-order valence-electron chi connectivity index (χ3n) is 7.55. The molecule has 0 spiro atoms. The van der Waals surface area contributed by atoms with Crippen molar-refractivity contribution in [2.24, 2.45) is 0 Å². The molecular weight excluding hydrogens is 537 g/mol. The fourth-order valence-corrected chi connectivity index (χ4v) is 7.47. The second kappa shape index (κ2) is 10.6. The Kier molecular flexibility index (Phi) is 6.69. The van der Waals surface area contributed by atoms with Gasteiger partial charge in [0.2, 0.25) is 5.91 Å². The summed E-state index contributed by atoms with van der Waals surface area (Å²) in [4.78, 5) is 23.7. The molecule has 0 fully saturated rings. The molecule has 0 bridgehead atoms. The zero-order valence-corrected chi connectivity index (χ0v) is 23.8. The van der Waals surface area contributed by atoms with Gasteiger partial charge in [0.25, 0.3) is 0 Å². The van der Waals surface area contributed by atoms with Gasteiger partial charge in [0, 0.05) is 17.0 Å². The lowest BCUT2D eigenvalue weighted by atomic mass is 10.0. The number of hydrogen-bond acceptors (Lipinski definition) is 7. The first-order valence-electron chi connectivity index (χ1n) is 13.6. The third kappa shape index (κ3) is 4.63. The van der Waals surface area contributed by atoms with Crippen molar-refractivity contribution < 1.29 is 4.79 Å². The summed E-state index contributed by atoms with van der Waals surface area (Å²) in [5, 5.41) is 13.9. The molecule has 4 heterocycles. The van der Waals surface area contributed by atoms with Crippen molar-refractivity contribution in [1.82, 2.24) is 29.9 Å². The quantitative estimate of drug-likeness (QED) is 0.219. The lowest BCUT2D eigenvalue weighted by Gasteiger charge is -2.13. The molecule has 1 atom stereocenters. The minimum atomic E-state index is -0.00795. The Morgan fingerprint density at radius 2 is 1.82 bits per heavy atom. The number of nitrogens with zero attached hydrogens (tertiary/aromatic N) is 5. The van der Waals surface area contributed by atoms with Crippen LogP contribution in [0.2, 0.25) is 0 Å². The van der Waals surface area contributed by atoms with Crippen molar-refractivity contribution in [3.05, 3.63) is 83.7 Å². The Hall–Kier alpha value is -3.82. The van der Waals surface area contributed by atoms with Crippen molar-refractivity contribution in [3.63, 3.8) is 0 Å². The highest BCUT2D eigenvalue weighted by molar-refractivity contribution is 7.99. The first-order valence-corrected chi connectivity index (χ1v) is 15.4. The van der Waals surface area contributed by atoms with Crippen molar-refractivity contribution >= 4 is 55.1 Å². The Morgan fingerprint density at radius 1 is 1.05 bits per heavy atom. The maximum Gasteiger partial charge on any atom is 0.230 e. The highest BCUT2D eigenvalue weighted by Gasteiger charge is 2.25. The zero-order valence-electron chi connectivity index (χ0n) is 22.1. The van der Waals surface area contributed by atoms with Crippen molar-refractivity contribution in [2.75, 3.05) is 5.75 Å². The third-order valence-corrected chi connectivity index (χ3v) is 9.56. The number of hydrogen-bond donors (Lipinski definition) is 1. The molecule has 1 aliphatic carbocycles. The number of nitrogens with one attached hydrogen (secondary N) is 1. The smallest absolute Gasteiger partial charge is 0.230 e. The second-order valence-corrected chi connectivity index (χ2v) is 12.2. The van der Waals surface area contributed by atoms with Gasteiger partial charge in [-0.1, -0.05) is 72.4 Å². The molecule has 0 saturated carbocycles. The summed E-state index contributed by atoms with van der Waals surface area (Å²) in [5.41, 5.74) is 7.97. The molecule has 1 aliphatic rings. The average molecular weight is 565 g/mol. The SMILES string of the molecule is C[C@@H](CCc1ccccc1)NC(=O)CSc1nnc2c3sc4nc(-c5ccccc5)c5c(c4c3ncn12)CCC5. The van der Waals surface area contributed by atoms with E-state index in [0.717, 1.165) is 69.4 Å². The molecular formula is C31H28N6OS2. The maximum absolute atomic E-state index is 12.7. The number of amides is 1. The second-order valence-electron chi connectivity index (χ2n) is 10.3. The van der Waals surface area contributed by atoms with Crippen LogP contribution in [-0.2, 0) is 24.1 Å². The van der Waals surface area contributed by atoms with Gasteiger partial charge in [0.15, 0.2) is 10.8 Å². The summed E-state index contributed by atoms with van der Waals surface area (Å²) in [6.07, 6.45) is 6.84. The molecule has 0 saturated heterocycles. The van der Waals surface area contributed by atoms with Gasteiger partial charge in [0.1, 0.15) is 15.9 Å². The highest BCUT2D eigenvalue weighted by Crippen LogP contribution is 2.42. The Labute approximate surface area is 240 Å². The average Bonchev–Trinajstić information content (AvgIpc) is 3.72. The molecule has 7 rings (SSSR count). The summed E-state index contributed by atoms with van der Waals surface area (Å²) in [6.45, 7) is 2.05. The van der Waals surface area contributed by atoms with Crippen molar-refractivity contribution in [1.29, 1.82) is 0 Å². The van der Waals surface area contributed by atoms with Crippen LogP contribution in [0.4, 0.5) is 0 Å². The summed E-state index contributed by atoms with van der Waals surface area (Å²) < 4.78 is 2.88. The van der Waals surface area contributed by atoms with E-state index in [-0.39, 0.29) is 17.7 Å². The molecule has 6 aromatic rings. The predicted octanol–water partition coefficient (Wildman–Crippen LogP) is 6.27. The van der Waals surface area contributed by atoms with Crippen LogP contribution in [-0.4, -0.2) is 42.3 Å². The van der Waals surface area contributed by atoms with Gasteiger partial charge in [-0.3, -0.25) is 9.20 Å². The number of carbonyl (C=O) groups excluding carboxylic acids is 1. The van der Waals surface area contributed by atoms with E-state index in [1.54, 1.807) is 17.7 Å². The fourth-order valence-electron chi connectivity index (χ4n) is 5.62. The van der Waals surface area contributed by atoms with Gasteiger partial charge in [-0.15, -0.1) is 21.5 Å². The predicted molar refractivity (Wildman–Crippen MR) is 162 cm³/mol. The van der Waals surface area contributed by atoms with Gasteiger partial charge < -0.3 is 5.32 Å². The van der Waals surface area contributed by atoms with E-state index in [4.69, 9.17) is 9.97 Å². The number of thioether (sulfide) groups is 1. The van der Waals surface area contributed by atoms with Gasteiger partial charge >= 0.3 is 0 Å². The molecule has 7 nitrogen and oxygen atoms in total. The fraction of sp³-hybridized carbons (Fsp3) is 0.258. The zero-order chi connectivity index (χ0) is 27.1. The van der Waals surface area contributed by atoms with Crippen LogP contribution < -0.4 is 5.32 Å². The van der Waals surface area contributed by atoms with Gasteiger partial charge in [0.05, 0.1) is 17.0 Å². The van der Waals surface area contributed by atoms with Gasteiger partial charge in [-0.25, -0.2) is 9.97 Å². The minimum Gasteiger partial charge on any atom is -0.353 e. The Balaban J connectivity index is 1.13. The lowest BCUT2D eigenvalue weighted by Crippen LogP contribution is -2.34. The minimum absolute atomic E-state index is 0.00795. The topological polar surface area (TPSA) is 85.1 Å². The number of rotatable bonds is 8. The first-order chi connectivity index (χ1) is 19.7. The Bertz CT molecular complexity index is 1850. The first kappa shape index (κ1) is 25.2. The monoisotopic (exact) mass is 564 g/mol. The molecule has 1 N–H and O–H groups in total. The van der Waals surface area contributed by atoms with E-state index in [2.05, 4.69) is 51.9 Å². The number of pyridine rings is 1. The van der Waals surface area contributed by atoms with E-state index < -0.39 is 0 Å². The number of thiophene rings is 1. The largest absolute Gasteiger partial charge is 0.353 e. The van der Waals surface area contributed by atoms with E-state index in [0.29, 0.717) is 5.16 Å². The van der Waals surface area contributed by atoms with Crippen molar-refractivity contribution in [2.45, 2.75) is 50.2 Å². The lowest BCUT2D eigenvalue weighted by molar-refractivity contribution is -0.119. The van der Waals surface area contributed by atoms with Gasteiger partial charge in [-0.2, -0.15) is 0 Å². The molecule has 9 heteroatoms. The molecule has 0 unspecified atom stereocenters. The molecule has 40 heavy (non-hydrogen) atoms. The molecule has 200 valence electrons. The van der Waals surface area contributed by atoms with Crippen LogP contribution in [0.3, 0.4) is 0 Å². The number of benzene rings is 2.